The summed E-state index contributed by atoms with van der Waals surface area (Å²) in [6, 6.07) is 0. The first-order chi connectivity index (χ1) is 5.86. The van der Waals surface area contributed by atoms with Gasteiger partial charge in [0, 0.05) is 0 Å². The van der Waals surface area contributed by atoms with Crippen LogP contribution in [0.5, 0.6) is 0 Å². The van der Waals surface area contributed by atoms with Crippen molar-refractivity contribution >= 4 is 0 Å². The Hall–Kier alpha value is -0.0800. The molecule has 3 unspecified atom stereocenters. The smallest absolute Gasteiger partial charge is 0.104 e. The van der Waals surface area contributed by atoms with E-state index in [1.807, 2.05) is 0 Å². The standard InChI is InChI=1S/C10H18O2/c1-8-4-2-3-5-10(8)12-7-9-6-11-9/h8-10H,2-7H2,1H3. The van der Waals surface area contributed by atoms with Gasteiger partial charge < -0.3 is 9.47 Å². The summed E-state index contributed by atoms with van der Waals surface area (Å²) < 4.78 is 10.9. The van der Waals surface area contributed by atoms with Crippen LogP contribution in [0.25, 0.3) is 0 Å². The highest BCUT2D eigenvalue weighted by molar-refractivity contribution is 4.75. The number of rotatable bonds is 3. The molecule has 2 aliphatic rings. The maximum Gasteiger partial charge on any atom is 0.104 e. The van der Waals surface area contributed by atoms with Crippen LogP contribution >= 0.6 is 0 Å². The lowest BCUT2D eigenvalue weighted by molar-refractivity contribution is -0.0114. The largest absolute Gasteiger partial charge is 0.375 e. The quantitative estimate of drug-likeness (QED) is 0.604. The van der Waals surface area contributed by atoms with Gasteiger partial charge in [0.15, 0.2) is 0 Å². The molecule has 1 saturated heterocycles. The molecule has 1 heterocycles. The van der Waals surface area contributed by atoms with Gasteiger partial charge >= 0.3 is 0 Å². The van der Waals surface area contributed by atoms with E-state index >= 15 is 0 Å². The summed E-state index contributed by atoms with van der Waals surface area (Å²) in [6.45, 7) is 4.05. The molecule has 0 amide bonds. The van der Waals surface area contributed by atoms with E-state index in [9.17, 15) is 0 Å². The predicted octanol–water partition coefficient (Wildman–Crippen LogP) is 1.98. The zero-order chi connectivity index (χ0) is 8.39. The molecule has 0 aromatic heterocycles. The van der Waals surface area contributed by atoms with Gasteiger partial charge in [0.2, 0.25) is 0 Å². The Bertz CT molecular complexity index is 143. The van der Waals surface area contributed by atoms with Crippen LogP contribution in [0, 0.1) is 5.92 Å². The fraction of sp³-hybridized carbons (Fsp3) is 1.00. The van der Waals surface area contributed by atoms with Gasteiger partial charge in [-0.3, -0.25) is 0 Å². The molecule has 2 heteroatoms. The number of hydrogen-bond acceptors (Lipinski definition) is 2. The fourth-order valence-corrected chi connectivity index (χ4v) is 1.93. The third-order valence-corrected chi connectivity index (χ3v) is 2.93. The normalized spacial score (nSPS) is 41.2. The second kappa shape index (κ2) is 3.75. The van der Waals surface area contributed by atoms with Crippen LogP contribution < -0.4 is 0 Å². The second-order valence-corrected chi connectivity index (χ2v) is 4.09. The molecule has 12 heavy (non-hydrogen) atoms. The van der Waals surface area contributed by atoms with Gasteiger partial charge in [-0.1, -0.05) is 19.8 Å². The van der Waals surface area contributed by atoms with Gasteiger partial charge in [0.1, 0.15) is 6.10 Å². The van der Waals surface area contributed by atoms with Crippen molar-refractivity contribution in [3.63, 3.8) is 0 Å². The van der Waals surface area contributed by atoms with Crippen LogP contribution in [0.15, 0.2) is 0 Å². The zero-order valence-electron chi connectivity index (χ0n) is 7.79. The van der Waals surface area contributed by atoms with Crippen LogP contribution in [0.1, 0.15) is 32.6 Å². The van der Waals surface area contributed by atoms with Crippen molar-refractivity contribution in [2.75, 3.05) is 13.2 Å². The van der Waals surface area contributed by atoms with Crippen LogP contribution in [0.4, 0.5) is 0 Å². The fourth-order valence-electron chi connectivity index (χ4n) is 1.93. The van der Waals surface area contributed by atoms with Crippen LogP contribution in [0.3, 0.4) is 0 Å². The molecule has 3 atom stereocenters. The molecule has 0 radical (unpaired) electrons. The Morgan fingerprint density at radius 1 is 1.33 bits per heavy atom. The predicted molar refractivity (Wildman–Crippen MR) is 47.1 cm³/mol. The Morgan fingerprint density at radius 2 is 2.08 bits per heavy atom. The Balaban J connectivity index is 1.68. The third-order valence-electron chi connectivity index (χ3n) is 2.93. The van der Waals surface area contributed by atoms with Crippen molar-refractivity contribution < 1.29 is 9.47 Å². The van der Waals surface area contributed by atoms with Crippen LogP contribution in [0.2, 0.25) is 0 Å². The number of ether oxygens (including phenoxy) is 2. The molecular formula is C10H18O2. The van der Waals surface area contributed by atoms with Crippen molar-refractivity contribution in [2.24, 2.45) is 5.92 Å². The zero-order valence-corrected chi connectivity index (χ0v) is 7.79. The SMILES string of the molecule is CC1CCCCC1OCC1CO1. The summed E-state index contributed by atoms with van der Waals surface area (Å²) in [5.74, 6) is 0.762. The summed E-state index contributed by atoms with van der Waals surface area (Å²) in [4.78, 5) is 0. The van der Waals surface area contributed by atoms with Crippen molar-refractivity contribution in [1.82, 2.24) is 0 Å². The number of epoxide rings is 1. The highest BCUT2D eigenvalue weighted by Gasteiger charge is 2.27. The van der Waals surface area contributed by atoms with E-state index in [4.69, 9.17) is 9.47 Å². The van der Waals surface area contributed by atoms with Gasteiger partial charge in [-0.2, -0.15) is 0 Å². The average molecular weight is 170 g/mol. The molecule has 0 aromatic rings. The minimum absolute atomic E-state index is 0.430. The van der Waals surface area contributed by atoms with Gasteiger partial charge in [-0.05, 0) is 18.8 Å². The topological polar surface area (TPSA) is 21.8 Å². The average Bonchev–Trinajstić information content (AvgIpc) is 2.86. The maximum absolute atomic E-state index is 5.79. The molecule has 2 nitrogen and oxygen atoms in total. The van der Waals surface area contributed by atoms with Crippen molar-refractivity contribution in [2.45, 2.75) is 44.8 Å². The monoisotopic (exact) mass is 170 g/mol. The first-order valence-electron chi connectivity index (χ1n) is 5.09. The Kier molecular flexibility index (Phi) is 2.66. The van der Waals surface area contributed by atoms with Gasteiger partial charge in [0.05, 0.1) is 19.3 Å². The Labute approximate surface area is 74.2 Å². The summed E-state index contributed by atoms with van der Waals surface area (Å²) in [5, 5.41) is 0. The van der Waals surface area contributed by atoms with Gasteiger partial charge in [-0.25, -0.2) is 0 Å². The van der Waals surface area contributed by atoms with E-state index in [0.29, 0.717) is 12.2 Å². The van der Waals surface area contributed by atoms with Crippen LogP contribution in [-0.2, 0) is 9.47 Å². The second-order valence-electron chi connectivity index (χ2n) is 4.09. The van der Waals surface area contributed by atoms with E-state index in [1.165, 1.54) is 25.7 Å². The molecular weight excluding hydrogens is 152 g/mol. The first kappa shape index (κ1) is 8.52. The summed E-state index contributed by atoms with van der Waals surface area (Å²) in [5.41, 5.74) is 0. The van der Waals surface area contributed by atoms with Crippen LogP contribution in [-0.4, -0.2) is 25.4 Å². The molecule has 70 valence electrons. The minimum Gasteiger partial charge on any atom is -0.375 e. The van der Waals surface area contributed by atoms with E-state index in [2.05, 4.69) is 6.92 Å². The molecule has 0 bridgehead atoms. The highest BCUT2D eigenvalue weighted by Crippen LogP contribution is 2.27. The third kappa shape index (κ3) is 2.20. The summed E-state index contributed by atoms with van der Waals surface area (Å²) in [7, 11) is 0. The number of hydrogen-bond donors (Lipinski definition) is 0. The van der Waals surface area contributed by atoms with E-state index in [0.717, 1.165) is 19.1 Å². The molecule has 0 N–H and O–H groups in total. The lowest BCUT2D eigenvalue weighted by Crippen LogP contribution is -2.26. The molecule has 1 saturated carbocycles. The van der Waals surface area contributed by atoms with E-state index in [1.54, 1.807) is 0 Å². The summed E-state index contributed by atoms with van der Waals surface area (Å²) >= 11 is 0. The maximum atomic E-state index is 5.79. The molecule has 0 aromatic carbocycles. The highest BCUT2D eigenvalue weighted by atomic mass is 16.6. The molecule has 1 aliphatic carbocycles. The summed E-state index contributed by atoms with van der Waals surface area (Å²) in [6.07, 6.45) is 6.29. The van der Waals surface area contributed by atoms with E-state index in [-0.39, 0.29) is 0 Å². The van der Waals surface area contributed by atoms with Crippen molar-refractivity contribution in [3.05, 3.63) is 0 Å². The van der Waals surface area contributed by atoms with Crippen molar-refractivity contribution in [1.29, 1.82) is 0 Å². The molecule has 2 fully saturated rings. The van der Waals surface area contributed by atoms with Crippen molar-refractivity contribution in [3.8, 4) is 0 Å². The minimum atomic E-state index is 0.430. The first-order valence-corrected chi connectivity index (χ1v) is 5.09. The Morgan fingerprint density at radius 3 is 2.75 bits per heavy atom. The molecule has 0 spiro atoms. The van der Waals surface area contributed by atoms with Gasteiger partial charge in [0.25, 0.3) is 0 Å². The van der Waals surface area contributed by atoms with Gasteiger partial charge in [-0.15, -0.1) is 0 Å². The lowest BCUT2D eigenvalue weighted by atomic mass is 9.88. The molecule has 1 aliphatic heterocycles. The molecule has 2 rings (SSSR count). The lowest BCUT2D eigenvalue weighted by Gasteiger charge is -2.28. The van der Waals surface area contributed by atoms with E-state index < -0.39 is 0 Å².